The first-order chi connectivity index (χ1) is 17.1. The van der Waals surface area contributed by atoms with Crippen molar-refractivity contribution in [3.8, 4) is 5.75 Å². The van der Waals surface area contributed by atoms with E-state index in [-0.39, 0.29) is 29.6 Å². The van der Waals surface area contributed by atoms with Crippen LogP contribution in [0.25, 0.3) is 10.9 Å². The summed E-state index contributed by atoms with van der Waals surface area (Å²) in [5, 5.41) is 6.61. The maximum Gasteiger partial charge on any atom is 0.272 e. The van der Waals surface area contributed by atoms with Crippen LogP contribution in [-0.2, 0) is 11.3 Å². The molecule has 0 atom stereocenters. The van der Waals surface area contributed by atoms with Gasteiger partial charge in [-0.25, -0.2) is 4.39 Å². The molecule has 4 aromatic rings. The summed E-state index contributed by atoms with van der Waals surface area (Å²) in [6.07, 6.45) is 0.384. The minimum atomic E-state index is -0.341. The number of hydrogen-bond acceptors (Lipinski definition) is 3. The second kappa shape index (κ2) is 10.2. The number of hydrogen-bond donors (Lipinski definition) is 2. The molecular formula is C29H30FN3O3. The first-order valence-electron chi connectivity index (χ1n) is 11.7. The van der Waals surface area contributed by atoms with Gasteiger partial charge in [0.15, 0.2) is 0 Å². The summed E-state index contributed by atoms with van der Waals surface area (Å²) in [6.45, 7) is 6.20. The van der Waals surface area contributed by atoms with Crippen LogP contribution in [0.2, 0.25) is 0 Å². The van der Waals surface area contributed by atoms with E-state index in [4.69, 9.17) is 4.74 Å². The fourth-order valence-electron chi connectivity index (χ4n) is 4.06. The van der Waals surface area contributed by atoms with Gasteiger partial charge in [0.2, 0.25) is 5.91 Å². The molecule has 0 aliphatic rings. The van der Waals surface area contributed by atoms with Crippen LogP contribution in [0.3, 0.4) is 0 Å². The zero-order chi connectivity index (χ0) is 25.9. The number of anilines is 2. The van der Waals surface area contributed by atoms with Crippen molar-refractivity contribution in [3.63, 3.8) is 0 Å². The van der Waals surface area contributed by atoms with Crippen LogP contribution in [0, 0.1) is 11.2 Å². The highest BCUT2D eigenvalue weighted by molar-refractivity contribution is 6.07. The molecule has 186 valence electrons. The Balaban J connectivity index is 1.69. The SMILES string of the molecule is COc1ccc(NC(=O)c2cc3cc(NC(=O)CC(C)(C)C)ccc3n2Cc2ccccc2F)cc1. The molecule has 0 aliphatic heterocycles. The lowest BCUT2D eigenvalue weighted by Gasteiger charge is -2.17. The first-order valence-corrected chi connectivity index (χ1v) is 11.7. The minimum Gasteiger partial charge on any atom is -0.497 e. The van der Waals surface area contributed by atoms with Crippen molar-refractivity contribution in [1.29, 1.82) is 0 Å². The molecule has 36 heavy (non-hydrogen) atoms. The number of nitrogens with one attached hydrogen (secondary N) is 2. The topological polar surface area (TPSA) is 72.4 Å². The third kappa shape index (κ3) is 5.92. The van der Waals surface area contributed by atoms with Crippen LogP contribution in [0.5, 0.6) is 5.75 Å². The average Bonchev–Trinajstić information content (AvgIpc) is 3.17. The van der Waals surface area contributed by atoms with Crippen LogP contribution in [-0.4, -0.2) is 23.5 Å². The summed E-state index contributed by atoms with van der Waals surface area (Å²) >= 11 is 0. The molecule has 0 spiro atoms. The number of methoxy groups -OCH3 is 1. The Morgan fingerprint density at radius 3 is 2.28 bits per heavy atom. The van der Waals surface area contributed by atoms with E-state index in [2.05, 4.69) is 10.6 Å². The number of fused-ring (bicyclic) bond motifs is 1. The highest BCUT2D eigenvalue weighted by Crippen LogP contribution is 2.27. The van der Waals surface area contributed by atoms with E-state index in [1.165, 1.54) is 6.07 Å². The lowest BCUT2D eigenvalue weighted by atomic mass is 9.92. The Morgan fingerprint density at radius 2 is 1.61 bits per heavy atom. The van der Waals surface area contributed by atoms with Gasteiger partial charge in [-0.2, -0.15) is 0 Å². The number of aromatic nitrogens is 1. The summed E-state index contributed by atoms with van der Waals surface area (Å²) in [5.74, 6) is -0.0641. The van der Waals surface area contributed by atoms with Gasteiger partial charge in [-0.15, -0.1) is 0 Å². The van der Waals surface area contributed by atoms with Crippen molar-refractivity contribution in [2.45, 2.75) is 33.7 Å². The van der Waals surface area contributed by atoms with Gasteiger partial charge in [0.25, 0.3) is 5.91 Å². The Kier molecular flexibility index (Phi) is 7.10. The number of halogens is 1. The molecule has 0 radical (unpaired) electrons. The molecule has 3 aromatic carbocycles. The molecule has 0 bridgehead atoms. The van der Waals surface area contributed by atoms with Crippen molar-refractivity contribution in [1.82, 2.24) is 4.57 Å². The van der Waals surface area contributed by atoms with Crippen molar-refractivity contribution >= 4 is 34.1 Å². The Morgan fingerprint density at radius 1 is 0.917 bits per heavy atom. The van der Waals surface area contributed by atoms with E-state index < -0.39 is 0 Å². The smallest absolute Gasteiger partial charge is 0.272 e. The quantitative estimate of drug-likeness (QED) is 0.314. The molecule has 1 aromatic heterocycles. The minimum absolute atomic E-state index is 0.0786. The number of benzene rings is 3. The van der Waals surface area contributed by atoms with Crippen molar-refractivity contribution < 1.29 is 18.7 Å². The molecule has 0 aliphatic carbocycles. The highest BCUT2D eigenvalue weighted by Gasteiger charge is 2.19. The lowest BCUT2D eigenvalue weighted by molar-refractivity contribution is -0.117. The summed E-state index contributed by atoms with van der Waals surface area (Å²) < 4.78 is 21.5. The number of ether oxygens (including phenoxy) is 1. The Hall–Kier alpha value is -4.13. The van der Waals surface area contributed by atoms with E-state index in [9.17, 15) is 14.0 Å². The second-order valence-corrected chi connectivity index (χ2v) is 9.95. The molecule has 6 nitrogen and oxygen atoms in total. The number of rotatable bonds is 7. The predicted molar refractivity (Wildman–Crippen MR) is 141 cm³/mol. The fraction of sp³-hybridized carbons (Fsp3) is 0.241. The number of carbonyl (C=O) groups is 2. The standard InChI is InChI=1S/C29H30FN3O3/c1-29(2,3)17-27(34)31-22-11-14-25-20(15-22)16-26(33(25)18-19-7-5-6-8-24(19)30)28(35)32-21-9-12-23(36-4)13-10-21/h5-16H,17-18H2,1-4H3,(H,31,34)(H,32,35). The van der Waals surface area contributed by atoms with Gasteiger partial charge in [-0.05, 0) is 60.0 Å². The van der Waals surface area contributed by atoms with Gasteiger partial charge < -0.3 is 19.9 Å². The van der Waals surface area contributed by atoms with Crippen LogP contribution in [0.15, 0.2) is 72.8 Å². The zero-order valence-corrected chi connectivity index (χ0v) is 20.9. The summed E-state index contributed by atoms with van der Waals surface area (Å²) in [6, 6.07) is 20.8. The van der Waals surface area contributed by atoms with Gasteiger partial charge in [0.05, 0.1) is 13.7 Å². The molecule has 0 saturated carbocycles. The molecule has 0 saturated heterocycles. The number of amides is 2. The molecule has 1 heterocycles. The van der Waals surface area contributed by atoms with Crippen LogP contribution in [0.4, 0.5) is 15.8 Å². The molecule has 2 N–H and O–H groups in total. The van der Waals surface area contributed by atoms with E-state index in [1.807, 2.05) is 32.9 Å². The molecule has 4 rings (SSSR count). The lowest BCUT2D eigenvalue weighted by Crippen LogP contribution is -2.19. The van der Waals surface area contributed by atoms with Crippen molar-refractivity contribution in [2.24, 2.45) is 5.41 Å². The summed E-state index contributed by atoms with van der Waals surface area (Å²) in [5.41, 5.74) is 2.72. The van der Waals surface area contributed by atoms with Gasteiger partial charge in [-0.1, -0.05) is 39.0 Å². The van der Waals surface area contributed by atoms with Gasteiger partial charge >= 0.3 is 0 Å². The monoisotopic (exact) mass is 487 g/mol. The van der Waals surface area contributed by atoms with E-state index in [0.717, 1.165) is 10.9 Å². The molecule has 7 heteroatoms. The van der Waals surface area contributed by atoms with Crippen LogP contribution in [0.1, 0.15) is 43.2 Å². The largest absolute Gasteiger partial charge is 0.497 e. The zero-order valence-electron chi connectivity index (χ0n) is 20.9. The first kappa shape index (κ1) is 25.0. The molecule has 2 amide bonds. The highest BCUT2D eigenvalue weighted by atomic mass is 19.1. The van der Waals surface area contributed by atoms with Gasteiger partial charge in [0.1, 0.15) is 17.3 Å². The fourth-order valence-corrected chi connectivity index (χ4v) is 4.06. The Labute approximate surface area is 210 Å². The molecular weight excluding hydrogens is 457 g/mol. The summed E-state index contributed by atoms with van der Waals surface area (Å²) in [7, 11) is 1.58. The van der Waals surface area contributed by atoms with Gasteiger partial charge in [-0.3, -0.25) is 9.59 Å². The number of nitrogens with zero attached hydrogens (tertiary/aromatic N) is 1. The van der Waals surface area contributed by atoms with Crippen molar-refractivity contribution in [3.05, 3.63) is 89.9 Å². The maximum atomic E-state index is 14.5. The third-order valence-electron chi connectivity index (χ3n) is 5.74. The maximum absolute atomic E-state index is 14.5. The van der Waals surface area contributed by atoms with Crippen LogP contribution >= 0.6 is 0 Å². The molecule has 0 unspecified atom stereocenters. The Bertz CT molecular complexity index is 1400. The predicted octanol–water partition coefficient (Wildman–Crippen LogP) is 6.46. The van der Waals surface area contributed by atoms with Gasteiger partial charge in [0, 0.05) is 34.3 Å². The summed E-state index contributed by atoms with van der Waals surface area (Å²) in [4.78, 5) is 25.8. The van der Waals surface area contributed by atoms with E-state index in [0.29, 0.717) is 34.8 Å². The van der Waals surface area contributed by atoms with Crippen molar-refractivity contribution in [2.75, 3.05) is 17.7 Å². The van der Waals surface area contributed by atoms with Crippen LogP contribution < -0.4 is 15.4 Å². The van der Waals surface area contributed by atoms with E-state index >= 15 is 0 Å². The normalized spacial score (nSPS) is 11.4. The molecule has 0 fully saturated rings. The number of carbonyl (C=O) groups excluding carboxylic acids is 2. The van der Waals surface area contributed by atoms with E-state index in [1.54, 1.807) is 66.3 Å². The third-order valence-corrected chi connectivity index (χ3v) is 5.74. The second-order valence-electron chi connectivity index (χ2n) is 9.95. The average molecular weight is 488 g/mol.